The first-order valence-corrected chi connectivity index (χ1v) is 6.10. The van der Waals surface area contributed by atoms with Crippen LogP contribution in [0.3, 0.4) is 0 Å². The fourth-order valence-electron chi connectivity index (χ4n) is 1.85. The molecule has 0 spiro atoms. The molecule has 5 heteroatoms. The van der Waals surface area contributed by atoms with Crippen LogP contribution in [0.2, 0.25) is 0 Å². The Morgan fingerprint density at radius 2 is 1.80 bits per heavy atom. The Morgan fingerprint density at radius 3 is 2.55 bits per heavy atom. The molecule has 1 N–H and O–H groups in total. The van der Waals surface area contributed by atoms with E-state index in [2.05, 4.69) is 5.32 Å². The van der Waals surface area contributed by atoms with Crippen molar-refractivity contribution in [1.82, 2.24) is 5.32 Å². The van der Waals surface area contributed by atoms with Gasteiger partial charge in [-0.15, -0.1) is 0 Å². The maximum atomic E-state index is 13.7. The van der Waals surface area contributed by atoms with Crippen LogP contribution in [0.5, 0.6) is 5.75 Å². The van der Waals surface area contributed by atoms with Gasteiger partial charge in [0.15, 0.2) is 11.6 Å². The summed E-state index contributed by atoms with van der Waals surface area (Å²) in [4.78, 5) is 0. The molecule has 2 nitrogen and oxygen atoms in total. The first-order valence-electron chi connectivity index (χ1n) is 6.10. The van der Waals surface area contributed by atoms with Gasteiger partial charge in [-0.1, -0.05) is 12.1 Å². The Kier molecular flexibility index (Phi) is 4.63. The van der Waals surface area contributed by atoms with E-state index in [9.17, 15) is 13.2 Å². The molecule has 0 aliphatic carbocycles. The second-order valence-electron chi connectivity index (χ2n) is 4.28. The number of hydrogen-bond donors (Lipinski definition) is 1. The first kappa shape index (κ1) is 14.4. The molecule has 0 heterocycles. The van der Waals surface area contributed by atoms with Gasteiger partial charge in [-0.3, -0.25) is 0 Å². The minimum atomic E-state index is -0.585. The molecule has 0 saturated carbocycles. The summed E-state index contributed by atoms with van der Waals surface area (Å²) in [5, 5.41) is 2.89. The highest BCUT2D eigenvalue weighted by atomic mass is 19.1. The van der Waals surface area contributed by atoms with Crippen molar-refractivity contribution in [1.29, 1.82) is 0 Å². The minimum absolute atomic E-state index is 0.0451. The van der Waals surface area contributed by atoms with Gasteiger partial charge in [0, 0.05) is 17.7 Å². The molecule has 0 bridgehead atoms. The van der Waals surface area contributed by atoms with E-state index in [4.69, 9.17) is 4.74 Å². The van der Waals surface area contributed by atoms with E-state index in [-0.39, 0.29) is 17.9 Å². The maximum absolute atomic E-state index is 13.7. The maximum Gasteiger partial charge on any atom is 0.165 e. The molecule has 106 valence electrons. The zero-order valence-electron chi connectivity index (χ0n) is 10.9. The van der Waals surface area contributed by atoms with Crippen LogP contribution < -0.4 is 10.1 Å². The summed E-state index contributed by atoms with van der Waals surface area (Å²) in [6.07, 6.45) is 0. The van der Waals surface area contributed by atoms with Crippen molar-refractivity contribution < 1.29 is 17.9 Å². The van der Waals surface area contributed by atoms with Crippen LogP contribution in [0.15, 0.2) is 36.4 Å². The average molecular weight is 281 g/mol. The van der Waals surface area contributed by atoms with Gasteiger partial charge in [-0.05, 0) is 31.3 Å². The summed E-state index contributed by atoms with van der Waals surface area (Å²) in [5.74, 6) is -1.63. The molecular formula is C15H14F3NO. The van der Waals surface area contributed by atoms with Crippen LogP contribution in [-0.4, -0.2) is 7.05 Å². The van der Waals surface area contributed by atoms with Crippen molar-refractivity contribution in [2.24, 2.45) is 0 Å². The normalized spacial score (nSPS) is 10.6. The zero-order valence-corrected chi connectivity index (χ0v) is 10.9. The Bertz CT molecular complexity index is 602. The smallest absolute Gasteiger partial charge is 0.165 e. The predicted molar refractivity (Wildman–Crippen MR) is 69.9 cm³/mol. The Morgan fingerprint density at radius 1 is 1.00 bits per heavy atom. The third-order valence-electron chi connectivity index (χ3n) is 2.80. The highest BCUT2D eigenvalue weighted by Crippen LogP contribution is 2.24. The lowest BCUT2D eigenvalue weighted by molar-refractivity contribution is 0.280. The summed E-state index contributed by atoms with van der Waals surface area (Å²) in [6.45, 7) is 0.181. The quantitative estimate of drug-likeness (QED) is 0.907. The molecule has 0 unspecified atom stereocenters. The monoisotopic (exact) mass is 281 g/mol. The summed E-state index contributed by atoms with van der Waals surface area (Å²) >= 11 is 0. The standard InChI is InChI=1S/C15H14F3NO/c1-19-8-10-3-2-4-14(18)15(10)20-9-11-7-12(16)5-6-13(11)17/h2-7,19H,8-9H2,1H3. The fraction of sp³-hybridized carbons (Fsp3) is 0.200. The van der Waals surface area contributed by atoms with Crippen molar-refractivity contribution in [2.45, 2.75) is 13.2 Å². The van der Waals surface area contributed by atoms with Gasteiger partial charge in [0.25, 0.3) is 0 Å². The molecule has 2 aromatic carbocycles. The van der Waals surface area contributed by atoms with Crippen LogP contribution >= 0.6 is 0 Å². The first-order chi connectivity index (χ1) is 9.61. The van der Waals surface area contributed by atoms with E-state index < -0.39 is 17.5 Å². The molecular weight excluding hydrogens is 267 g/mol. The van der Waals surface area contributed by atoms with Gasteiger partial charge < -0.3 is 10.1 Å². The fourth-order valence-corrected chi connectivity index (χ4v) is 1.85. The lowest BCUT2D eigenvalue weighted by Crippen LogP contribution is -2.09. The Hall–Kier alpha value is -2.01. The highest BCUT2D eigenvalue weighted by molar-refractivity contribution is 5.35. The molecule has 0 atom stereocenters. The van der Waals surface area contributed by atoms with E-state index >= 15 is 0 Å². The third-order valence-corrected chi connectivity index (χ3v) is 2.80. The number of nitrogens with one attached hydrogen (secondary N) is 1. The largest absolute Gasteiger partial charge is 0.485 e. The predicted octanol–water partition coefficient (Wildman–Crippen LogP) is 3.40. The van der Waals surface area contributed by atoms with E-state index in [1.54, 1.807) is 19.2 Å². The van der Waals surface area contributed by atoms with Crippen molar-refractivity contribution in [3.05, 3.63) is 65.0 Å². The minimum Gasteiger partial charge on any atom is -0.485 e. The van der Waals surface area contributed by atoms with E-state index in [0.29, 0.717) is 12.1 Å². The number of para-hydroxylation sites is 1. The van der Waals surface area contributed by atoms with Gasteiger partial charge in [0.2, 0.25) is 0 Å². The third kappa shape index (κ3) is 3.30. The number of ether oxygens (including phenoxy) is 1. The van der Waals surface area contributed by atoms with Gasteiger partial charge in [-0.25, -0.2) is 13.2 Å². The van der Waals surface area contributed by atoms with Crippen molar-refractivity contribution in [3.8, 4) is 5.75 Å². The second kappa shape index (κ2) is 6.43. The summed E-state index contributed by atoms with van der Waals surface area (Å²) in [6, 6.07) is 7.61. The Labute approximate surface area is 115 Å². The second-order valence-corrected chi connectivity index (χ2v) is 4.28. The summed E-state index contributed by atoms with van der Waals surface area (Å²) in [7, 11) is 1.72. The topological polar surface area (TPSA) is 21.3 Å². The molecule has 0 saturated heterocycles. The van der Waals surface area contributed by atoms with Crippen LogP contribution in [0.4, 0.5) is 13.2 Å². The van der Waals surface area contributed by atoms with E-state index in [1.165, 1.54) is 6.07 Å². The number of benzene rings is 2. The van der Waals surface area contributed by atoms with Crippen LogP contribution in [-0.2, 0) is 13.2 Å². The van der Waals surface area contributed by atoms with Gasteiger partial charge in [0.1, 0.15) is 18.2 Å². The van der Waals surface area contributed by atoms with Crippen LogP contribution in [0.1, 0.15) is 11.1 Å². The summed E-state index contributed by atoms with van der Waals surface area (Å²) in [5.41, 5.74) is 0.660. The number of rotatable bonds is 5. The lowest BCUT2D eigenvalue weighted by atomic mass is 10.2. The van der Waals surface area contributed by atoms with Gasteiger partial charge in [0.05, 0.1) is 0 Å². The molecule has 0 aliphatic rings. The molecule has 2 aromatic rings. The van der Waals surface area contributed by atoms with Crippen LogP contribution in [0, 0.1) is 17.5 Å². The molecule has 0 aromatic heterocycles. The molecule has 0 radical (unpaired) electrons. The highest BCUT2D eigenvalue weighted by Gasteiger charge is 2.11. The van der Waals surface area contributed by atoms with Crippen molar-refractivity contribution >= 4 is 0 Å². The Balaban J connectivity index is 2.20. The zero-order chi connectivity index (χ0) is 14.5. The lowest BCUT2D eigenvalue weighted by Gasteiger charge is -2.12. The summed E-state index contributed by atoms with van der Waals surface area (Å²) < 4.78 is 45.6. The number of halogens is 3. The SMILES string of the molecule is CNCc1cccc(F)c1OCc1cc(F)ccc1F. The molecule has 20 heavy (non-hydrogen) atoms. The number of hydrogen-bond acceptors (Lipinski definition) is 2. The molecule has 0 amide bonds. The molecule has 0 fully saturated rings. The van der Waals surface area contributed by atoms with E-state index in [0.717, 1.165) is 18.2 Å². The average Bonchev–Trinajstić information content (AvgIpc) is 2.42. The van der Waals surface area contributed by atoms with Crippen LogP contribution in [0.25, 0.3) is 0 Å². The van der Waals surface area contributed by atoms with E-state index in [1.807, 2.05) is 0 Å². The molecule has 2 rings (SSSR count). The van der Waals surface area contributed by atoms with Gasteiger partial charge >= 0.3 is 0 Å². The molecule has 0 aliphatic heterocycles. The van der Waals surface area contributed by atoms with Gasteiger partial charge in [-0.2, -0.15) is 0 Å². The van der Waals surface area contributed by atoms with Crippen molar-refractivity contribution in [3.63, 3.8) is 0 Å². The van der Waals surface area contributed by atoms with Crippen molar-refractivity contribution in [2.75, 3.05) is 7.05 Å².